The molecular weight excluding hydrogens is 306 g/mol. The summed E-state index contributed by atoms with van der Waals surface area (Å²) in [6, 6.07) is 3.71. The lowest BCUT2D eigenvalue weighted by atomic mass is 10.3. The maximum absolute atomic E-state index is 11.2. The Morgan fingerprint density at radius 3 is 2.82 bits per heavy atom. The minimum absolute atomic E-state index is 0.00146. The van der Waals surface area contributed by atoms with E-state index in [1.807, 2.05) is 19.2 Å². The summed E-state index contributed by atoms with van der Waals surface area (Å²) in [5.74, 6) is 0.660. The third kappa shape index (κ3) is 2.60. The normalized spacial score (nSPS) is 12.5. The van der Waals surface area contributed by atoms with Crippen LogP contribution >= 0.6 is 11.8 Å². The van der Waals surface area contributed by atoms with Crippen molar-refractivity contribution in [3.05, 3.63) is 36.1 Å². The summed E-state index contributed by atoms with van der Waals surface area (Å²) in [4.78, 5) is 7.94. The molecule has 1 unspecified atom stereocenters. The largest absolute Gasteiger partial charge is 0.594 e. The Bertz CT molecular complexity index is 784. The van der Waals surface area contributed by atoms with Gasteiger partial charge in [0.15, 0.2) is 16.0 Å². The van der Waals surface area contributed by atoms with Crippen LogP contribution in [-0.2, 0) is 14.1 Å². The second-order valence-corrected chi connectivity index (χ2v) is 5.48. The molecule has 2 N–H and O–H groups in total. The molecule has 10 heteroatoms. The predicted octanol–water partition coefficient (Wildman–Crippen LogP) is 0.165. The third-order valence-corrected chi connectivity index (χ3v) is 4.24. The molecule has 22 heavy (non-hydrogen) atoms. The SMILES string of the molecule is Cn1cnc([NH+]([O-])O)c1Sc1nnc(-c2cccnc2)n1C. The van der Waals surface area contributed by atoms with Crippen LogP contribution in [0, 0.1) is 5.21 Å². The average molecular weight is 319 g/mol. The van der Waals surface area contributed by atoms with Gasteiger partial charge in [0.1, 0.15) is 6.33 Å². The molecule has 3 aromatic heterocycles. The van der Waals surface area contributed by atoms with Gasteiger partial charge in [0.25, 0.3) is 5.82 Å². The monoisotopic (exact) mass is 319 g/mol. The van der Waals surface area contributed by atoms with E-state index in [4.69, 9.17) is 5.21 Å². The van der Waals surface area contributed by atoms with Gasteiger partial charge in [-0.3, -0.25) is 4.98 Å². The van der Waals surface area contributed by atoms with Crippen LogP contribution in [0.4, 0.5) is 5.82 Å². The van der Waals surface area contributed by atoms with Crippen LogP contribution in [0.15, 0.2) is 41.0 Å². The number of aryl methyl sites for hydroxylation is 1. The Labute approximate surface area is 129 Å². The van der Waals surface area contributed by atoms with E-state index < -0.39 is 5.23 Å². The molecule has 0 radical (unpaired) electrons. The molecule has 1 atom stereocenters. The fraction of sp³-hybridized carbons (Fsp3) is 0.167. The molecule has 3 rings (SSSR count). The van der Waals surface area contributed by atoms with Gasteiger partial charge in [-0.1, -0.05) is 0 Å². The van der Waals surface area contributed by atoms with Gasteiger partial charge in [-0.15, -0.1) is 10.2 Å². The number of nitrogens with one attached hydrogen (secondary N) is 1. The summed E-state index contributed by atoms with van der Waals surface area (Å²) in [5, 5.41) is 28.6. The van der Waals surface area contributed by atoms with Crippen molar-refractivity contribution in [3.63, 3.8) is 0 Å². The van der Waals surface area contributed by atoms with E-state index in [0.717, 1.165) is 5.56 Å². The first-order chi connectivity index (χ1) is 10.6. The highest BCUT2D eigenvalue weighted by molar-refractivity contribution is 7.99. The molecule has 0 saturated carbocycles. The first kappa shape index (κ1) is 14.7. The number of hydrogen-bond donors (Lipinski definition) is 2. The van der Waals surface area contributed by atoms with E-state index >= 15 is 0 Å². The smallest absolute Gasteiger partial charge is 0.291 e. The number of aromatic nitrogens is 6. The first-order valence-electron chi connectivity index (χ1n) is 6.30. The van der Waals surface area contributed by atoms with Gasteiger partial charge in [-0.25, -0.2) is 5.21 Å². The van der Waals surface area contributed by atoms with Crippen LogP contribution in [0.3, 0.4) is 0 Å². The van der Waals surface area contributed by atoms with Crippen LogP contribution in [0.5, 0.6) is 0 Å². The third-order valence-electron chi connectivity index (χ3n) is 3.03. The number of rotatable bonds is 4. The zero-order valence-corrected chi connectivity index (χ0v) is 12.7. The minimum Gasteiger partial charge on any atom is -0.594 e. The molecule has 0 fully saturated rings. The van der Waals surface area contributed by atoms with Crippen LogP contribution in [-0.4, -0.2) is 34.5 Å². The van der Waals surface area contributed by atoms with Crippen molar-refractivity contribution in [3.8, 4) is 11.4 Å². The van der Waals surface area contributed by atoms with Gasteiger partial charge < -0.3 is 14.3 Å². The van der Waals surface area contributed by atoms with Crippen LogP contribution in [0.25, 0.3) is 11.4 Å². The van der Waals surface area contributed by atoms with Crippen LogP contribution < -0.4 is 5.23 Å². The van der Waals surface area contributed by atoms with Crippen molar-refractivity contribution in [2.24, 2.45) is 14.1 Å². The highest BCUT2D eigenvalue weighted by atomic mass is 32.2. The summed E-state index contributed by atoms with van der Waals surface area (Å²) in [5.41, 5.74) is 0.841. The Balaban J connectivity index is 1.95. The maximum Gasteiger partial charge on any atom is 0.291 e. The second kappa shape index (κ2) is 5.85. The number of pyridine rings is 1. The van der Waals surface area contributed by atoms with Crippen molar-refractivity contribution in [2.45, 2.75) is 10.2 Å². The summed E-state index contributed by atoms with van der Waals surface area (Å²) in [7, 11) is 3.56. The van der Waals surface area contributed by atoms with Gasteiger partial charge in [0.05, 0.1) is 0 Å². The Hall–Kier alpha value is -2.27. The molecule has 0 spiro atoms. The second-order valence-electron chi connectivity index (χ2n) is 4.52. The summed E-state index contributed by atoms with van der Waals surface area (Å²) in [6.45, 7) is 0. The van der Waals surface area contributed by atoms with Crippen LogP contribution in [0.1, 0.15) is 0 Å². The fourth-order valence-electron chi connectivity index (χ4n) is 1.92. The molecule has 9 nitrogen and oxygen atoms in total. The molecule has 0 saturated heterocycles. The standard InChI is InChI=1S/C12H13N7O2S/c1-17-7-14-10(19(20)21)11(17)22-12-16-15-9(18(12)2)8-4-3-5-13-6-8/h3-7,19-20H,1-2H3. The van der Waals surface area contributed by atoms with E-state index in [1.165, 1.54) is 18.1 Å². The van der Waals surface area contributed by atoms with Gasteiger partial charge in [-0.2, -0.15) is 10.2 Å². The highest BCUT2D eigenvalue weighted by Gasteiger charge is 2.20. The molecule has 0 amide bonds. The quantitative estimate of drug-likeness (QED) is 0.659. The van der Waals surface area contributed by atoms with Crippen molar-refractivity contribution >= 4 is 17.6 Å². The van der Waals surface area contributed by atoms with Crippen molar-refractivity contribution in [1.29, 1.82) is 0 Å². The fourth-order valence-corrected chi connectivity index (χ4v) is 2.83. The average Bonchev–Trinajstić information content (AvgIpc) is 3.05. The highest BCUT2D eigenvalue weighted by Crippen LogP contribution is 2.31. The molecule has 0 aromatic carbocycles. The predicted molar refractivity (Wildman–Crippen MR) is 77.3 cm³/mol. The van der Waals surface area contributed by atoms with E-state index in [2.05, 4.69) is 20.2 Å². The first-order valence-corrected chi connectivity index (χ1v) is 7.12. The maximum atomic E-state index is 11.2. The van der Waals surface area contributed by atoms with Gasteiger partial charge >= 0.3 is 0 Å². The van der Waals surface area contributed by atoms with Crippen molar-refractivity contribution in [2.75, 3.05) is 0 Å². The van der Waals surface area contributed by atoms with E-state index in [0.29, 0.717) is 16.0 Å². The number of nitrogens with zero attached hydrogens (tertiary/aromatic N) is 6. The number of hydrogen-bond acceptors (Lipinski definition) is 7. The van der Waals surface area contributed by atoms with Gasteiger partial charge in [-0.05, 0) is 23.9 Å². The van der Waals surface area contributed by atoms with E-state index in [9.17, 15) is 5.21 Å². The molecule has 0 aliphatic heterocycles. The summed E-state index contributed by atoms with van der Waals surface area (Å²) < 4.78 is 3.44. The number of quaternary nitrogens is 1. The zero-order chi connectivity index (χ0) is 15.7. The lowest BCUT2D eigenvalue weighted by Gasteiger charge is -2.10. The zero-order valence-electron chi connectivity index (χ0n) is 11.8. The van der Waals surface area contributed by atoms with E-state index in [1.54, 1.807) is 28.6 Å². The minimum atomic E-state index is -1.07. The topological polar surface area (TPSA) is 109 Å². The molecule has 0 bridgehead atoms. The van der Waals surface area contributed by atoms with Gasteiger partial charge in [0, 0.05) is 32.1 Å². The molecule has 3 heterocycles. The summed E-state index contributed by atoms with van der Waals surface area (Å²) >= 11 is 1.21. The molecule has 3 aromatic rings. The molecular formula is C12H13N7O2S. The van der Waals surface area contributed by atoms with Crippen molar-refractivity contribution in [1.82, 2.24) is 29.3 Å². The Morgan fingerprint density at radius 1 is 1.32 bits per heavy atom. The lowest BCUT2D eigenvalue weighted by molar-refractivity contribution is -0.994. The Morgan fingerprint density at radius 2 is 2.14 bits per heavy atom. The molecule has 0 aliphatic carbocycles. The summed E-state index contributed by atoms with van der Waals surface area (Å²) in [6.07, 6.45) is 4.85. The van der Waals surface area contributed by atoms with Crippen molar-refractivity contribution < 1.29 is 10.4 Å². The van der Waals surface area contributed by atoms with E-state index in [-0.39, 0.29) is 5.82 Å². The molecule has 0 aliphatic rings. The van der Waals surface area contributed by atoms with Crippen LogP contribution in [0.2, 0.25) is 0 Å². The lowest BCUT2D eigenvalue weighted by Crippen LogP contribution is -2.99. The Kier molecular flexibility index (Phi) is 3.90. The van der Waals surface area contributed by atoms with Gasteiger partial charge in [0.2, 0.25) is 0 Å². The molecule has 114 valence electrons. The number of imidazole rings is 1.